The Morgan fingerprint density at radius 2 is 2.00 bits per heavy atom. The number of H-pyrrole nitrogens is 1. The van der Waals surface area contributed by atoms with E-state index < -0.39 is 5.54 Å². The summed E-state index contributed by atoms with van der Waals surface area (Å²) >= 11 is 0. The quantitative estimate of drug-likeness (QED) is 0.511. The van der Waals surface area contributed by atoms with Crippen LogP contribution in [0.25, 0.3) is 0 Å². The first-order valence-corrected chi connectivity index (χ1v) is 11.2. The summed E-state index contributed by atoms with van der Waals surface area (Å²) in [4.78, 5) is 25.9. The molecule has 3 aromatic rings. The van der Waals surface area contributed by atoms with Gasteiger partial charge in [0.1, 0.15) is 12.1 Å². The molecule has 9 nitrogen and oxygen atoms in total. The number of likely N-dealkylation sites (N-methyl/N-ethyl adjacent to an activating group) is 1. The minimum Gasteiger partial charge on any atom is -0.330 e. The van der Waals surface area contributed by atoms with Crippen LogP contribution >= 0.6 is 0 Å². The molecule has 9 heteroatoms. The fourth-order valence-corrected chi connectivity index (χ4v) is 4.24. The van der Waals surface area contributed by atoms with Gasteiger partial charge in [0, 0.05) is 23.9 Å². The van der Waals surface area contributed by atoms with E-state index >= 15 is 0 Å². The van der Waals surface area contributed by atoms with E-state index in [2.05, 4.69) is 42.6 Å². The van der Waals surface area contributed by atoms with Crippen molar-refractivity contribution in [1.82, 2.24) is 35.3 Å². The third-order valence-electron chi connectivity index (χ3n) is 6.09. The Balaban J connectivity index is 1.54. The molecule has 174 valence electrons. The van der Waals surface area contributed by atoms with Gasteiger partial charge in [-0.25, -0.2) is 14.8 Å². The van der Waals surface area contributed by atoms with Crippen molar-refractivity contribution in [3.8, 4) is 0 Å². The number of benzene rings is 1. The Hall–Kier alpha value is -3.46. The summed E-state index contributed by atoms with van der Waals surface area (Å²) in [5, 5.41) is 14.1. The van der Waals surface area contributed by atoms with Crippen LogP contribution in [0.1, 0.15) is 49.3 Å². The molecule has 0 aliphatic carbocycles. The standard InChI is InChI=1S/C24H32N8O/c1-6-17-12-20(26-15-25-17)28-22-18-13-32(24(2,3)21(18)29-30-22)23(33)27-19(14-31(4)5)16-10-8-7-9-11-16/h7-12,15,19H,6,13-14H2,1-5H3,(H,27,33)(H2,25,26,28,29,30)/t19-/m1/s1. The zero-order chi connectivity index (χ0) is 23.6. The fraction of sp³-hybridized carbons (Fsp3) is 0.417. The van der Waals surface area contributed by atoms with Crippen molar-refractivity contribution in [2.75, 3.05) is 26.0 Å². The molecule has 0 saturated heterocycles. The van der Waals surface area contributed by atoms with Crippen LogP contribution < -0.4 is 10.6 Å². The highest BCUT2D eigenvalue weighted by molar-refractivity contribution is 5.78. The number of urea groups is 1. The van der Waals surface area contributed by atoms with Crippen LogP contribution in [0.15, 0.2) is 42.7 Å². The van der Waals surface area contributed by atoms with Crippen molar-refractivity contribution < 1.29 is 4.79 Å². The molecule has 4 rings (SSSR count). The van der Waals surface area contributed by atoms with Gasteiger partial charge in [0.05, 0.1) is 23.8 Å². The molecule has 1 aromatic carbocycles. The van der Waals surface area contributed by atoms with Gasteiger partial charge in [-0.3, -0.25) is 5.10 Å². The molecule has 1 aliphatic heterocycles. The van der Waals surface area contributed by atoms with E-state index in [1.54, 1.807) is 6.33 Å². The van der Waals surface area contributed by atoms with Gasteiger partial charge in [0.15, 0.2) is 5.82 Å². The molecule has 3 N–H and O–H groups in total. The molecule has 0 radical (unpaired) electrons. The third kappa shape index (κ3) is 4.68. The van der Waals surface area contributed by atoms with Gasteiger partial charge in [0.25, 0.3) is 0 Å². The Morgan fingerprint density at radius 3 is 2.70 bits per heavy atom. The van der Waals surface area contributed by atoms with E-state index in [0.29, 0.717) is 24.7 Å². The third-order valence-corrected chi connectivity index (χ3v) is 6.09. The van der Waals surface area contributed by atoms with Crippen LogP contribution in [0.5, 0.6) is 0 Å². The van der Waals surface area contributed by atoms with E-state index in [1.807, 2.05) is 69.2 Å². The highest BCUT2D eigenvalue weighted by Crippen LogP contribution is 2.41. The summed E-state index contributed by atoms with van der Waals surface area (Å²) in [6.45, 7) is 7.27. The van der Waals surface area contributed by atoms with E-state index in [0.717, 1.165) is 28.9 Å². The summed E-state index contributed by atoms with van der Waals surface area (Å²) in [5.41, 5.74) is 3.39. The van der Waals surface area contributed by atoms with E-state index in [9.17, 15) is 4.79 Å². The molecule has 0 spiro atoms. The Labute approximate surface area is 194 Å². The maximum absolute atomic E-state index is 13.5. The number of hydrogen-bond donors (Lipinski definition) is 3. The molecule has 2 aromatic heterocycles. The van der Waals surface area contributed by atoms with Crippen molar-refractivity contribution >= 4 is 17.7 Å². The van der Waals surface area contributed by atoms with Crippen LogP contribution in [0.3, 0.4) is 0 Å². The van der Waals surface area contributed by atoms with Crippen LogP contribution in [-0.4, -0.2) is 56.6 Å². The van der Waals surface area contributed by atoms with Crippen molar-refractivity contribution in [2.45, 2.75) is 45.3 Å². The summed E-state index contributed by atoms with van der Waals surface area (Å²) in [5.74, 6) is 1.37. The monoisotopic (exact) mass is 448 g/mol. The second kappa shape index (κ2) is 9.19. The van der Waals surface area contributed by atoms with E-state index in [-0.39, 0.29) is 12.1 Å². The highest BCUT2D eigenvalue weighted by atomic mass is 16.2. The molecule has 0 bridgehead atoms. The number of fused-ring (bicyclic) bond motifs is 1. The lowest BCUT2D eigenvalue weighted by Gasteiger charge is -2.34. The maximum atomic E-state index is 13.5. The highest BCUT2D eigenvalue weighted by Gasteiger charge is 2.44. The van der Waals surface area contributed by atoms with Gasteiger partial charge in [-0.15, -0.1) is 0 Å². The number of aromatic amines is 1. The molecule has 1 aliphatic rings. The summed E-state index contributed by atoms with van der Waals surface area (Å²) in [7, 11) is 4.01. The number of anilines is 2. The first kappa shape index (κ1) is 22.7. The number of aryl methyl sites for hydroxylation is 1. The Bertz CT molecular complexity index is 1110. The Kier molecular flexibility index (Phi) is 6.33. The normalized spacial score (nSPS) is 15.4. The largest absolute Gasteiger partial charge is 0.330 e. The smallest absolute Gasteiger partial charge is 0.319 e. The van der Waals surface area contributed by atoms with E-state index in [1.165, 1.54) is 0 Å². The predicted octanol–water partition coefficient (Wildman–Crippen LogP) is 3.57. The summed E-state index contributed by atoms with van der Waals surface area (Å²) in [6.07, 6.45) is 2.37. The summed E-state index contributed by atoms with van der Waals surface area (Å²) in [6, 6.07) is 11.8. The van der Waals surface area contributed by atoms with Crippen molar-refractivity contribution in [2.24, 2.45) is 0 Å². The average molecular weight is 449 g/mol. The van der Waals surface area contributed by atoms with Crippen LogP contribution in [0.4, 0.5) is 16.4 Å². The van der Waals surface area contributed by atoms with Gasteiger partial charge in [-0.2, -0.15) is 5.10 Å². The first-order chi connectivity index (χ1) is 15.8. The number of hydrogen-bond acceptors (Lipinski definition) is 6. The van der Waals surface area contributed by atoms with Crippen LogP contribution in [0, 0.1) is 0 Å². The molecule has 0 fully saturated rings. The van der Waals surface area contributed by atoms with Gasteiger partial charge < -0.3 is 20.4 Å². The molecular weight excluding hydrogens is 416 g/mol. The number of aromatic nitrogens is 4. The van der Waals surface area contributed by atoms with Gasteiger partial charge in [0.2, 0.25) is 0 Å². The predicted molar refractivity (Wildman–Crippen MR) is 128 cm³/mol. The molecule has 0 unspecified atom stereocenters. The van der Waals surface area contributed by atoms with Crippen LogP contribution in [0.2, 0.25) is 0 Å². The lowest BCUT2D eigenvalue weighted by atomic mass is 10.0. The maximum Gasteiger partial charge on any atom is 0.319 e. The lowest BCUT2D eigenvalue weighted by molar-refractivity contribution is 0.138. The SMILES string of the molecule is CCc1cc(Nc2n[nH]c3c2CN(C(=O)N[C@H](CN(C)C)c2ccccc2)C3(C)C)ncn1. The number of carbonyl (C=O) groups excluding carboxylic acids is 1. The van der Waals surface area contributed by atoms with Crippen molar-refractivity contribution in [3.05, 3.63) is 65.2 Å². The topological polar surface area (TPSA) is 102 Å². The van der Waals surface area contributed by atoms with Gasteiger partial charge >= 0.3 is 6.03 Å². The minimum absolute atomic E-state index is 0.110. The minimum atomic E-state index is -0.536. The molecule has 33 heavy (non-hydrogen) atoms. The van der Waals surface area contributed by atoms with Crippen molar-refractivity contribution in [1.29, 1.82) is 0 Å². The Morgan fingerprint density at radius 1 is 1.24 bits per heavy atom. The number of carbonyl (C=O) groups is 1. The van der Waals surface area contributed by atoms with Gasteiger partial charge in [-0.1, -0.05) is 37.3 Å². The average Bonchev–Trinajstić information content (AvgIpc) is 3.31. The van der Waals surface area contributed by atoms with E-state index in [4.69, 9.17) is 0 Å². The first-order valence-electron chi connectivity index (χ1n) is 11.2. The molecule has 1 atom stereocenters. The van der Waals surface area contributed by atoms with Crippen molar-refractivity contribution in [3.63, 3.8) is 0 Å². The number of nitrogens with zero attached hydrogens (tertiary/aromatic N) is 5. The second-order valence-electron chi connectivity index (χ2n) is 9.12. The van der Waals surface area contributed by atoms with Gasteiger partial charge in [-0.05, 0) is 39.9 Å². The summed E-state index contributed by atoms with van der Waals surface area (Å²) < 4.78 is 0. The molecule has 3 heterocycles. The zero-order valence-corrected chi connectivity index (χ0v) is 19.9. The molecular formula is C24H32N8O. The van der Waals surface area contributed by atoms with Crippen LogP contribution in [-0.2, 0) is 18.5 Å². The number of nitrogens with one attached hydrogen (secondary N) is 3. The molecule has 2 amide bonds. The zero-order valence-electron chi connectivity index (χ0n) is 19.9. The fourth-order valence-electron chi connectivity index (χ4n) is 4.24. The molecule has 0 saturated carbocycles. The number of rotatable bonds is 7. The second-order valence-corrected chi connectivity index (χ2v) is 9.12. The lowest BCUT2D eigenvalue weighted by Crippen LogP contribution is -2.48. The number of amides is 2.